The van der Waals surface area contributed by atoms with Crippen LogP contribution in [0.2, 0.25) is 0 Å². The lowest BCUT2D eigenvalue weighted by Gasteiger charge is -2.14. The number of H-pyrrole nitrogens is 1. The van der Waals surface area contributed by atoms with E-state index in [4.69, 9.17) is 10.8 Å². The number of benzene rings is 1. The van der Waals surface area contributed by atoms with Gasteiger partial charge in [-0.2, -0.15) is 13.2 Å². The van der Waals surface area contributed by atoms with Gasteiger partial charge in [-0.25, -0.2) is 9.37 Å². The van der Waals surface area contributed by atoms with Gasteiger partial charge in [-0.3, -0.25) is 4.79 Å². The Labute approximate surface area is 172 Å². The third-order valence-corrected chi connectivity index (χ3v) is 5.28. The van der Waals surface area contributed by atoms with Crippen LogP contribution in [0, 0.1) is 12.7 Å². The lowest BCUT2D eigenvalue weighted by atomic mass is 10.1. The Bertz CT molecular complexity index is 1060. The van der Waals surface area contributed by atoms with Gasteiger partial charge in [0.25, 0.3) is 5.91 Å². The van der Waals surface area contributed by atoms with Gasteiger partial charge in [0.1, 0.15) is 16.5 Å². The SMILES string of the molecule is Cc1cc(-c2ccc(C(F)(F)F)c(F)c2)[nH]c1C(=O)N[C@H](CN)c1csc(CO)n1. The van der Waals surface area contributed by atoms with E-state index in [2.05, 4.69) is 15.3 Å². The second-order valence-electron chi connectivity index (χ2n) is 6.52. The van der Waals surface area contributed by atoms with Crippen LogP contribution in [0.3, 0.4) is 0 Å². The predicted octanol–water partition coefficient (Wildman–Crippen LogP) is 3.53. The molecule has 0 aliphatic heterocycles. The monoisotopic (exact) mass is 442 g/mol. The Morgan fingerprint density at radius 3 is 2.67 bits per heavy atom. The number of nitrogens with two attached hydrogens (primary N) is 1. The maximum atomic E-state index is 13.9. The van der Waals surface area contributed by atoms with Gasteiger partial charge in [-0.15, -0.1) is 11.3 Å². The quantitative estimate of drug-likeness (QED) is 0.439. The van der Waals surface area contributed by atoms with E-state index < -0.39 is 29.5 Å². The fraction of sp³-hybridized carbons (Fsp3) is 0.263. The van der Waals surface area contributed by atoms with Gasteiger partial charge in [0.05, 0.1) is 23.9 Å². The number of aliphatic hydroxyl groups is 1. The highest BCUT2D eigenvalue weighted by atomic mass is 32.1. The molecule has 5 N–H and O–H groups in total. The molecular weight excluding hydrogens is 424 g/mol. The van der Waals surface area contributed by atoms with Crippen LogP contribution in [-0.4, -0.2) is 27.5 Å². The van der Waals surface area contributed by atoms with Gasteiger partial charge >= 0.3 is 6.18 Å². The molecule has 2 aromatic heterocycles. The Hall–Kier alpha value is -2.76. The van der Waals surface area contributed by atoms with E-state index in [1.165, 1.54) is 11.3 Å². The maximum Gasteiger partial charge on any atom is 0.419 e. The molecule has 160 valence electrons. The van der Waals surface area contributed by atoms with Gasteiger partial charge in [-0.1, -0.05) is 6.07 Å². The van der Waals surface area contributed by atoms with Crippen molar-refractivity contribution in [2.24, 2.45) is 5.73 Å². The first-order chi connectivity index (χ1) is 14.1. The van der Waals surface area contributed by atoms with E-state index in [-0.39, 0.29) is 24.4 Å². The van der Waals surface area contributed by atoms with Crippen LogP contribution in [0.15, 0.2) is 29.6 Å². The largest absolute Gasteiger partial charge is 0.419 e. The number of alkyl halides is 3. The number of nitrogens with one attached hydrogen (secondary N) is 2. The van der Waals surface area contributed by atoms with Crippen LogP contribution in [0.1, 0.15) is 38.4 Å². The van der Waals surface area contributed by atoms with Gasteiger partial charge in [0, 0.05) is 23.2 Å². The van der Waals surface area contributed by atoms with E-state index in [9.17, 15) is 22.4 Å². The molecule has 0 aliphatic rings. The van der Waals surface area contributed by atoms with Gasteiger partial charge in [0.2, 0.25) is 0 Å². The first-order valence-electron chi connectivity index (χ1n) is 8.76. The minimum Gasteiger partial charge on any atom is -0.389 e. The van der Waals surface area contributed by atoms with Crippen molar-refractivity contribution in [1.82, 2.24) is 15.3 Å². The van der Waals surface area contributed by atoms with Crippen LogP contribution < -0.4 is 11.1 Å². The molecule has 3 aromatic rings. The number of carbonyl (C=O) groups is 1. The number of aromatic nitrogens is 2. The normalized spacial score (nSPS) is 12.8. The van der Waals surface area contributed by atoms with Gasteiger partial charge < -0.3 is 21.1 Å². The molecule has 0 fully saturated rings. The number of halogens is 4. The lowest BCUT2D eigenvalue weighted by molar-refractivity contribution is -0.139. The molecule has 2 heterocycles. The predicted molar refractivity (Wildman–Crippen MR) is 103 cm³/mol. The van der Waals surface area contributed by atoms with Gasteiger partial charge in [0.15, 0.2) is 0 Å². The van der Waals surface area contributed by atoms with Crippen LogP contribution in [-0.2, 0) is 12.8 Å². The summed E-state index contributed by atoms with van der Waals surface area (Å²) in [4.78, 5) is 19.7. The molecule has 0 radical (unpaired) electrons. The second-order valence-corrected chi connectivity index (χ2v) is 7.46. The van der Waals surface area contributed by atoms with Crippen molar-refractivity contribution in [3.63, 3.8) is 0 Å². The topological polar surface area (TPSA) is 104 Å². The number of aliphatic hydroxyl groups excluding tert-OH is 1. The maximum absolute atomic E-state index is 13.9. The molecule has 0 saturated heterocycles. The molecule has 1 aromatic carbocycles. The minimum absolute atomic E-state index is 0.0665. The summed E-state index contributed by atoms with van der Waals surface area (Å²) in [7, 11) is 0. The molecule has 6 nitrogen and oxygen atoms in total. The molecule has 1 atom stereocenters. The highest BCUT2D eigenvalue weighted by Crippen LogP contribution is 2.33. The smallest absolute Gasteiger partial charge is 0.389 e. The fourth-order valence-corrected chi connectivity index (χ4v) is 3.61. The van der Waals surface area contributed by atoms with Crippen LogP contribution in [0.25, 0.3) is 11.3 Å². The Balaban J connectivity index is 1.83. The number of hydrogen-bond acceptors (Lipinski definition) is 5. The third kappa shape index (κ3) is 4.53. The first kappa shape index (κ1) is 21.9. The number of aryl methyl sites for hydroxylation is 1. The van der Waals surface area contributed by atoms with Crippen molar-refractivity contribution in [3.05, 3.63) is 63.0 Å². The standard InChI is InChI=1S/C19H18F4N4O2S/c1-9-4-13(10-2-3-11(12(20)5-10)19(21,22)23)26-17(9)18(29)27-14(6-24)15-8-30-16(7-28)25-15/h2-5,8,14,26,28H,6-7,24H2,1H3,(H,27,29)/t14-/m1/s1. The average molecular weight is 442 g/mol. The van der Waals surface area contributed by atoms with E-state index in [1.54, 1.807) is 18.4 Å². The average Bonchev–Trinajstić information content (AvgIpc) is 3.31. The number of amides is 1. The molecule has 0 spiro atoms. The van der Waals surface area contributed by atoms with Crippen LogP contribution in [0.4, 0.5) is 17.6 Å². The Morgan fingerprint density at radius 1 is 1.37 bits per heavy atom. The Kier molecular flexibility index (Phi) is 6.25. The highest BCUT2D eigenvalue weighted by Gasteiger charge is 2.34. The van der Waals surface area contributed by atoms with Crippen molar-refractivity contribution >= 4 is 17.2 Å². The molecule has 0 unspecified atom stereocenters. The second kappa shape index (κ2) is 8.54. The number of nitrogens with zero attached hydrogens (tertiary/aromatic N) is 1. The highest BCUT2D eigenvalue weighted by molar-refractivity contribution is 7.09. The number of thiazole rings is 1. The van der Waals surface area contributed by atoms with E-state index in [0.29, 0.717) is 28.0 Å². The molecule has 3 rings (SSSR count). The van der Waals surface area contributed by atoms with Crippen LogP contribution in [0.5, 0.6) is 0 Å². The number of rotatable bonds is 6. The zero-order valence-corrected chi connectivity index (χ0v) is 16.5. The summed E-state index contributed by atoms with van der Waals surface area (Å²) < 4.78 is 52.1. The molecular formula is C19H18F4N4O2S. The van der Waals surface area contributed by atoms with Crippen molar-refractivity contribution in [2.45, 2.75) is 25.7 Å². The van der Waals surface area contributed by atoms with Crippen molar-refractivity contribution in [1.29, 1.82) is 0 Å². The van der Waals surface area contributed by atoms with E-state index in [0.717, 1.165) is 12.1 Å². The molecule has 0 saturated carbocycles. The zero-order chi connectivity index (χ0) is 22.1. The summed E-state index contributed by atoms with van der Waals surface area (Å²) in [6.07, 6.45) is -4.79. The van der Waals surface area contributed by atoms with Crippen molar-refractivity contribution in [3.8, 4) is 11.3 Å². The van der Waals surface area contributed by atoms with E-state index in [1.807, 2.05) is 0 Å². The van der Waals surface area contributed by atoms with E-state index >= 15 is 0 Å². The summed E-state index contributed by atoms with van der Waals surface area (Å²) >= 11 is 1.23. The lowest BCUT2D eigenvalue weighted by Crippen LogP contribution is -2.34. The summed E-state index contributed by atoms with van der Waals surface area (Å²) in [5.74, 6) is -1.90. The van der Waals surface area contributed by atoms with Crippen LogP contribution >= 0.6 is 11.3 Å². The summed E-state index contributed by atoms with van der Waals surface area (Å²) in [6, 6.07) is 3.51. The number of aromatic amines is 1. The first-order valence-corrected chi connectivity index (χ1v) is 9.64. The zero-order valence-electron chi connectivity index (χ0n) is 15.7. The number of hydrogen-bond donors (Lipinski definition) is 4. The number of carbonyl (C=O) groups excluding carboxylic acids is 1. The summed E-state index contributed by atoms with van der Waals surface area (Å²) in [5, 5.41) is 14.0. The summed E-state index contributed by atoms with van der Waals surface area (Å²) in [5.41, 5.74) is 6.03. The summed E-state index contributed by atoms with van der Waals surface area (Å²) in [6.45, 7) is 1.48. The minimum atomic E-state index is -4.79. The fourth-order valence-electron chi connectivity index (χ4n) is 2.90. The van der Waals surface area contributed by atoms with Gasteiger partial charge in [-0.05, 0) is 30.7 Å². The third-order valence-electron chi connectivity index (χ3n) is 4.43. The van der Waals surface area contributed by atoms with Crippen molar-refractivity contribution in [2.75, 3.05) is 6.54 Å². The van der Waals surface area contributed by atoms with Crippen molar-refractivity contribution < 1.29 is 27.5 Å². The molecule has 0 bridgehead atoms. The molecule has 0 aliphatic carbocycles. The Morgan fingerprint density at radius 2 is 2.10 bits per heavy atom. The molecule has 30 heavy (non-hydrogen) atoms. The molecule has 1 amide bonds. The molecule has 11 heteroatoms.